The zero-order valence-corrected chi connectivity index (χ0v) is 9.95. The van der Waals surface area contributed by atoms with Gasteiger partial charge in [0.1, 0.15) is 5.60 Å². The second-order valence-electron chi connectivity index (χ2n) is 4.60. The summed E-state index contributed by atoms with van der Waals surface area (Å²) in [4.78, 5) is 20.7. The molecule has 5 heteroatoms. The van der Waals surface area contributed by atoms with Crippen LogP contribution in [0, 0.1) is 0 Å². The van der Waals surface area contributed by atoms with E-state index in [1.54, 1.807) is 26.8 Å². The highest BCUT2D eigenvalue weighted by Crippen LogP contribution is 2.37. The summed E-state index contributed by atoms with van der Waals surface area (Å²) in [5.41, 5.74) is -0.589. The summed E-state index contributed by atoms with van der Waals surface area (Å²) in [7, 11) is 0. The van der Waals surface area contributed by atoms with Gasteiger partial charge < -0.3 is 9.47 Å². The second kappa shape index (κ2) is 4.84. The number of hydrogen-bond acceptors (Lipinski definition) is 5. The molecule has 0 unspecified atom stereocenters. The van der Waals surface area contributed by atoms with Crippen LogP contribution < -0.4 is 0 Å². The summed E-state index contributed by atoms with van der Waals surface area (Å²) in [5, 5.41) is 0. The molecule has 0 radical (unpaired) electrons. The van der Waals surface area contributed by atoms with Gasteiger partial charge in [-0.1, -0.05) is 6.08 Å². The van der Waals surface area contributed by atoms with Crippen molar-refractivity contribution in [3.8, 4) is 0 Å². The van der Waals surface area contributed by atoms with Gasteiger partial charge in [-0.05, 0) is 33.6 Å². The summed E-state index contributed by atoms with van der Waals surface area (Å²) in [6, 6.07) is 0. The normalized spacial score (nSPS) is 17.7. The first kappa shape index (κ1) is 13.0. The van der Waals surface area contributed by atoms with Crippen LogP contribution in [0.2, 0.25) is 0 Å². The molecule has 0 aliphatic carbocycles. The van der Waals surface area contributed by atoms with Gasteiger partial charge in [0.2, 0.25) is 0 Å². The van der Waals surface area contributed by atoms with E-state index in [1.807, 2.05) is 0 Å². The van der Waals surface area contributed by atoms with Crippen molar-refractivity contribution >= 4 is 6.16 Å². The number of allylic oxidation sites excluding steroid dienone is 1. The third kappa shape index (κ3) is 4.63. The highest BCUT2D eigenvalue weighted by atomic mass is 17.5. The van der Waals surface area contributed by atoms with Crippen LogP contribution in [0.25, 0.3) is 0 Å². The molecule has 0 spiro atoms. The fourth-order valence-corrected chi connectivity index (χ4v) is 1.08. The Labute approximate surface area is 95.2 Å². The van der Waals surface area contributed by atoms with Gasteiger partial charge in [-0.2, -0.15) is 9.78 Å². The Morgan fingerprint density at radius 1 is 1.44 bits per heavy atom. The molecule has 1 aliphatic rings. The highest BCUT2D eigenvalue weighted by Gasteiger charge is 2.54. The minimum atomic E-state index is -1.23. The van der Waals surface area contributed by atoms with Crippen LogP contribution in [0.4, 0.5) is 4.79 Å². The number of carbonyl (C=O) groups is 1. The van der Waals surface area contributed by atoms with Gasteiger partial charge in [-0.3, -0.25) is 0 Å². The Bertz CT molecular complexity index is 262. The van der Waals surface area contributed by atoms with Gasteiger partial charge in [0.25, 0.3) is 0 Å². The van der Waals surface area contributed by atoms with E-state index in [2.05, 4.69) is 16.4 Å². The third-order valence-corrected chi connectivity index (χ3v) is 1.79. The second-order valence-corrected chi connectivity index (χ2v) is 4.60. The Morgan fingerprint density at radius 2 is 2.06 bits per heavy atom. The van der Waals surface area contributed by atoms with E-state index < -0.39 is 17.7 Å². The van der Waals surface area contributed by atoms with Crippen LogP contribution in [-0.4, -0.2) is 17.7 Å². The summed E-state index contributed by atoms with van der Waals surface area (Å²) < 4.78 is 9.91. The maximum Gasteiger partial charge on any atom is 0.513 e. The first-order valence-corrected chi connectivity index (χ1v) is 5.27. The Morgan fingerprint density at radius 3 is 2.50 bits per heavy atom. The van der Waals surface area contributed by atoms with Crippen LogP contribution in [0.3, 0.4) is 0 Å². The third-order valence-electron chi connectivity index (χ3n) is 1.79. The van der Waals surface area contributed by atoms with E-state index in [0.29, 0.717) is 6.42 Å². The smallest absolute Gasteiger partial charge is 0.428 e. The average Bonchev–Trinajstić information content (AvgIpc) is 2.82. The van der Waals surface area contributed by atoms with E-state index in [-0.39, 0.29) is 0 Å². The van der Waals surface area contributed by atoms with Gasteiger partial charge in [-0.25, -0.2) is 4.79 Å². The largest absolute Gasteiger partial charge is 0.513 e. The number of carbonyl (C=O) groups excluding carboxylic acids is 1. The Balaban J connectivity index is 2.30. The van der Waals surface area contributed by atoms with Crippen molar-refractivity contribution in [2.45, 2.75) is 51.6 Å². The number of ether oxygens (including phenoxy) is 2. The summed E-state index contributed by atoms with van der Waals surface area (Å²) in [5.74, 6) is -1.23. The van der Waals surface area contributed by atoms with E-state index >= 15 is 0 Å². The van der Waals surface area contributed by atoms with Crippen molar-refractivity contribution in [2.75, 3.05) is 0 Å². The zero-order valence-electron chi connectivity index (χ0n) is 9.95. The van der Waals surface area contributed by atoms with E-state index in [9.17, 15) is 4.79 Å². The average molecular weight is 230 g/mol. The molecule has 1 fully saturated rings. The molecular formula is C11H18O5. The molecule has 0 aromatic carbocycles. The van der Waals surface area contributed by atoms with Crippen LogP contribution in [0.5, 0.6) is 0 Å². The van der Waals surface area contributed by atoms with Gasteiger partial charge in [0.15, 0.2) is 0 Å². The number of rotatable bonds is 5. The minimum Gasteiger partial charge on any atom is -0.428 e. The van der Waals surface area contributed by atoms with E-state index in [1.165, 1.54) is 0 Å². The minimum absolute atomic E-state index is 0.470. The maximum atomic E-state index is 11.3. The lowest BCUT2D eigenvalue weighted by Crippen LogP contribution is -2.29. The molecule has 0 bridgehead atoms. The van der Waals surface area contributed by atoms with E-state index in [0.717, 1.165) is 12.8 Å². The molecule has 5 nitrogen and oxygen atoms in total. The van der Waals surface area contributed by atoms with Crippen molar-refractivity contribution in [3.63, 3.8) is 0 Å². The quantitative estimate of drug-likeness (QED) is 0.239. The van der Waals surface area contributed by atoms with Crippen LogP contribution in [0.1, 0.15) is 40.0 Å². The SMILES string of the molecule is C=CCCCC1(OC(=O)OC(C)(C)C)OO1. The lowest BCUT2D eigenvalue weighted by molar-refractivity contribution is -0.0749. The molecule has 0 aromatic heterocycles. The van der Waals surface area contributed by atoms with Gasteiger partial charge in [0, 0.05) is 6.42 Å². The summed E-state index contributed by atoms with van der Waals surface area (Å²) >= 11 is 0. The van der Waals surface area contributed by atoms with Crippen LogP contribution in [0.15, 0.2) is 12.7 Å². The molecule has 0 amide bonds. The molecule has 0 saturated carbocycles. The molecule has 1 rings (SSSR count). The standard InChI is InChI=1S/C11H18O5/c1-5-6-7-8-11(15-16-11)14-9(12)13-10(2,3)4/h5H,1,6-8H2,2-4H3. The van der Waals surface area contributed by atoms with Gasteiger partial charge >= 0.3 is 12.1 Å². The fraction of sp³-hybridized carbons (Fsp3) is 0.727. The Kier molecular flexibility index (Phi) is 3.93. The van der Waals surface area contributed by atoms with Crippen LogP contribution in [-0.2, 0) is 19.2 Å². The molecule has 0 atom stereocenters. The highest BCUT2D eigenvalue weighted by molar-refractivity contribution is 5.60. The molecule has 0 N–H and O–H groups in total. The monoisotopic (exact) mass is 230 g/mol. The fourth-order valence-electron chi connectivity index (χ4n) is 1.08. The first-order valence-electron chi connectivity index (χ1n) is 5.27. The Hall–Kier alpha value is -1.07. The predicted octanol–water partition coefficient (Wildman–Crippen LogP) is 2.91. The summed E-state index contributed by atoms with van der Waals surface area (Å²) in [6.45, 7) is 8.87. The topological polar surface area (TPSA) is 60.6 Å². The van der Waals surface area contributed by atoms with Crippen molar-refractivity contribution < 1.29 is 24.0 Å². The number of unbranched alkanes of at least 4 members (excludes halogenated alkanes) is 1. The number of hydrogen-bond donors (Lipinski definition) is 0. The van der Waals surface area contributed by atoms with E-state index in [4.69, 9.17) is 9.47 Å². The molecule has 1 saturated heterocycles. The van der Waals surface area contributed by atoms with Gasteiger partial charge in [-0.15, -0.1) is 6.58 Å². The molecule has 1 heterocycles. The zero-order chi connectivity index (χ0) is 12.2. The molecular weight excluding hydrogens is 212 g/mol. The molecule has 1 aliphatic heterocycles. The molecule has 0 aromatic rings. The summed E-state index contributed by atoms with van der Waals surface area (Å²) in [6.07, 6.45) is 3.05. The van der Waals surface area contributed by atoms with Crippen molar-refractivity contribution in [3.05, 3.63) is 12.7 Å². The van der Waals surface area contributed by atoms with Crippen LogP contribution >= 0.6 is 0 Å². The lowest BCUT2D eigenvalue weighted by atomic mass is 10.2. The van der Waals surface area contributed by atoms with Crippen molar-refractivity contribution in [2.24, 2.45) is 0 Å². The van der Waals surface area contributed by atoms with Crippen molar-refractivity contribution in [1.82, 2.24) is 0 Å². The van der Waals surface area contributed by atoms with Gasteiger partial charge in [0.05, 0.1) is 0 Å². The predicted molar refractivity (Wildman–Crippen MR) is 56.3 cm³/mol. The van der Waals surface area contributed by atoms with Crippen molar-refractivity contribution in [1.29, 1.82) is 0 Å². The molecule has 92 valence electrons. The first-order chi connectivity index (χ1) is 7.37. The maximum absolute atomic E-state index is 11.3. The lowest BCUT2D eigenvalue weighted by Gasteiger charge is -2.19. The molecule has 16 heavy (non-hydrogen) atoms.